The molecule has 3 amide bonds. The normalized spacial score (nSPS) is 13.4. The molecule has 0 aliphatic heterocycles. The Morgan fingerprint density at radius 3 is 2.08 bits per heavy atom. The minimum absolute atomic E-state index is 0.268. The lowest BCUT2D eigenvalue weighted by Gasteiger charge is -2.45. The fraction of sp³-hybridized carbons (Fsp3) is 0.500. The van der Waals surface area contributed by atoms with Gasteiger partial charge in [-0.15, -0.1) is 0 Å². The quantitative estimate of drug-likeness (QED) is 0.360. The maximum absolute atomic E-state index is 14.3. The summed E-state index contributed by atoms with van der Waals surface area (Å²) in [5, 5.41) is 6.14. The number of anilines is 1. The topological polar surface area (TPSA) is 87.7 Å². The van der Waals surface area contributed by atoms with Crippen molar-refractivity contribution in [2.24, 2.45) is 5.92 Å². The Bertz CT molecular complexity index is 1110. The molecule has 2 aromatic carbocycles. The lowest BCUT2D eigenvalue weighted by Crippen LogP contribution is -2.60. The van der Waals surface area contributed by atoms with E-state index in [-0.39, 0.29) is 11.8 Å². The number of benzene rings is 2. The minimum Gasteiger partial charge on any atom is -0.444 e. The average Bonchev–Trinajstić information content (AvgIpc) is 2.82. The van der Waals surface area contributed by atoms with Crippen molar-refractivity contribution in [2.45, 2.75) is 92.0 Å². The van der Waals surface area contributed by atoms with Gasteiger partial charge < -0.3 is 20.3 Å². The fourth-order valence-corrected chi connectivity index (χ4v) is 4.35. The van der Waals surface area contributed by atoms with E-state index in [1.165, 1.54) is 0 Å². The van der Waals surface area contributed by atoms with E-state index in [1.807, 2.05) is 84.0 Å². The zero-order chi connectivity index (χ0) is 28.8. The summed E-state index contributed by atoms with van der Waals surface area (Å²) in [5.74, 6) is -1.05. The second-order valence-electron chi connectivity index (χ2n) is 11.5. The van der Waals surface area contributed by atoms with Crippen LogP contribution in [0.1, 0.15) is 79.0 Å². The van der Waals surface area contributed by atoms with Crippen LogP contribution in [-0.4, -0.2) is 40.0 Å². The molecule has 2 N–H and O–H groups in total. The zero-order valence-electron chi connectivity index (χ0n) is 24.0. The Morgan fingerprint density at radius 2 is 1.58 bits per heavy atom. The third-order valence-electron chi connectivity index (χ3n) is 6.45. The third kappa shape index (κ3) is 7.97. The van der Waals surface area contributed by atoms with Crippen LogP contribution < -0.4 is 10.6 Å². The van der Waals surface area contributed by atoms with Crippen LogP contribution in [-0.2, 0) is 14.3 Å². The molecule has 2 rings (SSSR count). The number of hydrogen-bond donors (Lipinski definition) is 2. The lowest BCUT2D eigenvalue weighted by atomic mass is 9.90. The summed E-state index contributed by atoms with van der Waals surface area (Å²) >= 11 is 6.43. The first kappa shape index (κ1) is 31.2. The van der Waals surface area contributed by atoms with Crippen LogP contribution in [0.5, 0.6) is 0 Å². The zero-order valence-corrected chi connectivity index (χ0v) is 24.8. The molecule has 0 saturated carbocycles. The van der Waals surface area contributed by atoms with Crippen LogP contribution in [0.15, 0.2) is 48.5 Å². The molecule has 0 aliphatic rings. The van der Waals surface area contributed by atoms with Gasteiger partial charge in [0, 0.05) is 5.54 Å². The number of amides is 3. The number of para-hydroxylation sites is 1. The van der Waals surface area contributed by atoms with Gasteiger partial charge in [0.1, 0.15) is 17.7 Å². The van der Waals surface area contributed by atoms with Crippen molar-refractivity contribution in [1.82, 2.24) is 10.2 Å². The molecule has 0 aliphatic carbocycles. The fourth-order valence-electron chi connectivity index (χ4n) is 4.08. The van der Waals surface area contributed by atoms with E-state index in [0.29, 0.717) is 22.7 Å². The Balaban J connectivity index is 2.62. The van der Waals surface area contributed by atoms with Gasteiger partial charge in [-0.2, -0.15) is 0 Å². The van der Waals surface area contributed by atoms with Crippen molar-refractivity contribution in [2.75, 3.05) is 5.32 Å². The number of carbonyl (C=O) groups is 3. The van der Waals surface area contributed by atoms with Crippen molar-refractivity contribution in [3.05, 3.63) is 64.7 Å². The van der Waals surface area contributed by atoms with E-state index in [4.69, 9.17) is 16.3 Å². The summed E-state index contributed by atoms with van der Waals surface area (Å²) < 4.78 is 5.44. The van der Waals surface area contributed by atoms with Gasteiger partial charge in [0.25, 0.3) is 5.91 Å². The van der Waals surface area contributed by atoms with Crippen molar-refractivity contribution in [3.8, 4) is 0 Å². The van der Waals surface area contributed by atoms with Gasteiger partial charge >= 0.3 is 6.09 Å². The number of carbonyl (C=O) groups excluding carboxylic acids is 3. The molecule has 38 heavy (non-hydrogen) atoms. The van der Waals surface area contributed by atoms with Crippen LogP contribution in [0.4, 0.5) is 10.5 Å². The molecule has 0 aromatic heterocycles. The first-order chi connectivity index (χ1) is 17.6. The first-order valence-electron chi connectivity index (χ1n) is 13.0. The highest BCUT2D eigenvalue weighted by molar-refractivity contribution is 6.34. The molecule has 0 fully saturated rings. The minimum atomic E-state index is -0.990. The summed E-state index contributed by atoms with van der Waals surface area (Å²) in [4.78, 5) is 42.7. The predicted octanol–water partition coefficient (Wildman–Crippen LogP) is 6.89. The monoisotopic (exact) mass is 543 g/mol. The number of aryl methyl sites for hydroxylation is 1. The molecule has 0 radical (unpaired) electrons. The van der Waals surface area contributed by atoms with E-state index in [2.05, 4.69) is 10.6 Å². The van der Waals surface area contributed by atoms with Crippen LogP contribution >= 0.6 is 11.6 Å². The van der Waals surface area contributed by atoms with E-state index in [1.54, 1.807) is 31.7 Å². The number of rotatable bonds is 9. The van der Waals surface area contributed by atoms with Gasteiger partial charge in [-0.1, -0.05) is 74.8 Å². The molecule has 2 unspecified atom stereocenters. The van der Waals surface area contributed by atoms with Gasteiger partial charge in [0.05, 0.1) is 10.7 Å². The van der Waals surface area contributed by atoms with E-state index in [0.717, 1.165) is 5.56 Å². The molecule has 0 saturated heterocycles. The Kier molecular flexibility index (Phi) is 10.4. The van der Waals surface area contributed by atoms with Crippen LogP contribution in [0, 0.1) is 12.8 Å². The van der Waals surface area contributed by atoms with Crippen molar-refractivity contribution >= 4 is 35.2 Å². The Morgan fingerprint density at radius 1 is 0.974 bits per heavy atom. The van der Waals surface area contributed by atoms with Crippen LogP contribution in [0.2, 0.25) is 5.02 Å². The lowest BCUT2D eigenvalue weighted by molar-refractivity contribution is -0.148. The first-order valence-corrected chi connectivity index (χ1v) is 13.4. The number of nitrogens with zero attached hydrogens (tertiary/aromatic N) is 1. The SMILES string of the molecule is CCC(C)(C)N(C(=O)C(NC(=O)OC(C)(C)C)C(C)C)C(C(=O)Nc1c(C)cccc1Cl)c1ccccc1. The largest absolute Gasteiger partial charge is 0.444 e. The summed E-state index contributed by atoms with van der Waals surface area (Å²) in [5.41, 5.74) is 0.471. The van der Waals surface area contributed by atoms with E-state index >= 15 is 0 Å². The van der Waals surface area contributed by atoms with Gasteiger partial charge in [0.15, 0.2) is 0 Å². The summed E-state index contributed by atoms with van der Waals surface area (Å²) in [6, 6.07) is 12.6. The van der Waals surface area contributed by atoms with Gasteiger partial charge in [-0.05, 0) is 71.1 Å². The summed E-state index contributed by atoms with van der Waals surface area (Å²) in [6.45, 7) is 16.6. The van der Waals surface area contributed by atoms with Crippen molar-refractivity contribution < 1.29 is 19.1 Å². The predicted molar refractivity (Wildman–Crippen MR) is 153 cm³/mol. The van der Waals surface area contributed by atoms with Crippen LogP contribution in [0.3, 0.4) is 0 Å². The molecular weight excluding hydrogens is 502 g/mol. The van der Waals surface area contributed by atoms with Gasteiger partial charge in [0.2, 0.25) is 5.91 Å². The number of nitrogens with one attached hydrogen (secondary N) is 2. The summed E-state index contributed by atoms with van der Waals surface area (Å²) in [7, 11) is 0. The van der Waals surface area contributed by atoms with E-state index in [9.17, 15) is 14.4 Å². The Labute approximate surface area is 232 Å². The maximum atomic E-state index is 14.3. The number of hydrogen-bond acceptors (Lipinski definition) is 4. The van der Waals surface area contributed by atoms with Crippen molar-refractivity contribution in [3.63, 3.8) is 0 Å². The second-order valence-corrected chi connectivity index (χ2v) is 11.9. The molecule has 2 aromatic rings. The van der Waals surface area contributed by atoms with Crippen LogP contribution in [0.25, 0.3) is 0 Å². The highest BCUT2D eigenvalue weighted by Crippen LogP contribution is 2.35. The standard InChI is InChI=1S/C30H42ClN3O4/c1-10-30(8,9)34(27(36)23(19(2)3)33-28(37)38-29(5,6)7)25(21-16-12-11-13-17-21)26(35)32-24-20(4)15-14-18-22(24)31/h11-19,23,25H,10H2,1-9H3,(H,32,35)(H,33,37). The molecule has 2 atom stereocenters. The molecule has 0 spiro atoms. The van der Waals surface area contributed by atoms with Gasteiger partial charge in [-0.3, -0.25) is 9.59 Å². The number of halogens is 1. The van der Waals surface area contributed by atoms with E-state index < -0.39 is 35.2 Å². The Hall–Kier alpha value is -3.06. The number of ether oxygens (including phenoxy) is 1. The molecule has 8 heteroatoms. The molecule has 7 nitrogen and oxygen atoms in total. The molecular formula is C30H42ClN3O4. The third-order valence-corrected chi connectivity index (χ3v) is 6.77. The smallest absolute Gasteiger partial charge is 0.408 e. The second kappa shape index (κ2) is 12.7. The molecule has 0 heterocycles. The molecule has 208 valence electrons. The molecule has 0 bridgehead atoms. The average molecular weight is 544 g/mol. The summed E-state index contributed by atoms with van der Waals surface area (Å²) in [6.07, 6.45) is -0.122. The highest BCUT2D eigenvalue weighted by Gasteiger charge is 2.44. The van der Waals surface area contributed by atoms with Gasteiger partial charge in [-0.25, -0.2) is 4.79 Å². The highest BCUT2D eigenvalue weighted by atomic mass is 35.5. The number of alkyl carbamates (subject to hydrolysis) is 1. The van der Waals surface area contributed by atoms with Crippen molar-refractivity contribution in [1.29, 1.82) is 0 Å². The maximum Gasteiger partial charge on any atom is 0.408 e.